The summed E-state index contributed by atoms with van der Waals surface area (Å²) in [5, 5.41) is 6.59. The number of nitrogens with zero attached hydrogens (tertiary/aromatic N) is 1. The minimum Gasteiger partial charge on any atom is -0.311 e. The minimum atomic E-state index is 0.864. The number of thiazole rings is 1. The largest absolute Gasteiger partial charge is 0.311 e. The maximum absolute atomic E-state index is 4.62. The van der Waals surface area contributed by atoms with Crippen molar-refractivity contribution in [2.45, 2.75) is 19.9 Å². The molecule has 1 N–H and O–H groups in total. The molecule has 0 unspecified atom stereocenters. The molecule has 2 aromatic rings. The Hall–Kier alpha value is -0.710. The molecule has 0 bridgehead atoms. The Morgan fingerprint density at radius 1 is 1.35 bits per heavy atom. The molecule has 0 aliphatic rings. The van der Waals surface area contributed by atoms with Crippen LogP contribution in [0, 0.1) is 0 Å². The van der Waals surface area contributed by atoms with E-state index in [1.54, 1.807) is 11.3 Å². The van der Waals surface area contributed by atoms with E-state index in [2.05, 4.69) is 56.7 Å². The van der Waals surface area contributed by atoms with Gasteiger partial charge in [0.1, 0.15) is 0 Å². The van der Waals surface area contributed by atoms with E-state index in [9.17, 15) is 0 Å². The first kappa shape index (κ1) is 12.7. The van der Waals surface area contributed by atoms with Crippen LogP contribution in [0.1, 0.15) is 23.2 Å². The van der Waals surface area contributed by atoms with E-state index in [0.29, 0.717) is 0 Å². The second-order valence-corrected chi connectivity index (χ2v) is 5.58. The van der Waals surface area contributed by atoms with Crippen LogP contribution in [0.4, 0.5) is 0 Å². The third-order valence-electron chi connectivity index (χ3n) is 2.45. The van der Waals surface area contributed by atoms with Gasteiger partial charge < -0.3 is 5.32 Å². The SMILES string of the molecule is CCNCc1csc(Cc2ccccc2Br)n1. The molecule has 0 aliphatic heterocycles. The van der Waals surface area contributed by atoms with Gasteiger partial charge >= 0.3 is 0 Å². The first-order valence-corrected chi connectivity index (χ1v) is 7.34. The van der Waals surface area contributed by atoms with Gasteiger partial charge in [-0.3, -0.25) is 0 Å². The second kappa shape index (κ2) is 6.28. The lowest BCUT2D eigenvalue weighted by Crippen LogP contribution is -2.11. The van der Waals surface area contributed by atoms with Crippen molar-refractivity contribution in [3.05, 3.63) is 50.4 Å². The van der Waals surface area contributed by atoms with Crippen LogP contribution in [0.25, 0.3) is 0 Å². The van der Waals surface area contributed by atoms with Crippen molar-refractivity contribution in [1.82, 2.24) is 10.3 Å². The molecule has 0 spiro atoms. The molecule has 0 radical (unpaired) electrons. The highest BCUT2D eigenvalue weighted by molar-refractivity contribution is 9.10. The first-order chi connectivity index (χ1) is 8.29. The van der Waals surface area contributed by atoms with E-state index in [1.807, 2.05) is 6.07 Å². The zero-order valence-electron chi connectivity index (χ0n) is 9.74. The molecule has 2 rings (SSSR count). The van der Waals surface area contributed by atoms with Crippen LogP contribution in [0.3, 0.4) is 0 Å². The summed E-state index contributed by atoms with van der Waals surface area (Å²) in [7, 11) is 0. The zero-order chi connectivity index (χ0) is 12.1. The number of rotatable bonds is 5. The molecule has 0 amide bonds. The van der Waals surface area contributed by atoms with Crippen LogP contribution in [-0.4, -0.2) is 11.5 Å². The van der Waals surface area contributed by atoms with Gasteiger partial charge in [0, 0.05) is 22.8 Å². The third-order valence-corrected chi connectivity index (χ3v) is 4.13. The molecule has 0 fully saturated rings. The molecule has 0 aliphatic carbocycles. The molecule has 0 saturated carbocycles. The average Bonchev–Trinajstić information content (AvgIpc) is 2.77. The topological polar surface area (TPSA) is 24.9 Å². The Morgan fingerprint density at radius 2 is 2.18 bits per heavy atom. The van der Waals surface area contributed by atoms with Gasteiger partial charge in [0.05, 0.1) is 10.7 Å². The van der Waals surface area contributed by atoms with Crippen LogP contribution in [0.5, 0.6) is 0 Å². The van der Waals surface area contributed by atoms with Crippen molar-refractivity contribution in [1.29, 1.82) is 0 Å². The maximum atomic E-state index is 4.62. The maximum Gasteiger partial charge on any atom is 0.0973 e. The second-order valence-electron chi connectivity index (χ2n) is 3.78. The molecule has 90 valence electrons. The minimum absolute atomic E-state index is 0.864. The Morgan fingerprint density at radius 3 is 2.94 bits per heavy atom. The van der Waals surface area contributed by atoms with E-state index < -0.39 is 0 Å². The number of hydrogen-bond acceptors (Lipinski definition) is 3. The average molecular weight is 311 g/mol. The van der Waals surface area contributed by atoms with E-state index in [4.69, 9.17) is 0 Å². The van der Waals surface area contributed by atoms with Gasteiger partial charge in [-0.1, -0.05) is 41.1 Å². The summed E-state index contributed by atoms with van der Waals surface area (Å²) in [5.41, 5.74) is 2.43. The molecule has 1 heterocycles. The van der Waals surface area contributed by atoms with Crippen molar-refractivity contribution >= 4 is 27.3 Å². The molecule has 0 saturated heterocycles. The highest BCUT2D eigenvalue weighted by Crippen LogP contribution is 2.21. The van der Waals surface area contributed by atoms with Crippen molar-refractivity contribution < 1.29 is 0 Å². The Kier molecular flexibility index (Phi) is 4.71. The Bertz CT molecular complexity index is 482. The van der Waals surface area contributed by atoms with Gasteiger partial charge in [0.25, 0.3) is 0 Å². The van der Waals surface area contributed by atoms with E-state index in [1.165, 1.54) is 10.6 Å². The Labute approximate surface area is 114 Å². The van der Waals surface area contributed by atoms with Gasteiger partial charge in [0.2, 0.25) is 0 Å². The van der Waals surface area contributed by atoms with Crippen LogP contribution in [0.2, 0.25) is 0 Å². The smallest absolute Gasteiger partial charge is 0.0973 e. The lowest BCUT2D eigenvalue weighted by atomic mass is 10.2. The molecule has 1 aromatic heterocycles. The Balaban J connectivity index is 2.04. The zero-order valence-corrected chi connectivity index (χ0v) is 12.1. The molecule has 17 heavy (non-hydrogen) atoms. The molecule has 0 atom stereocenters. The van der Waals surface area contributed by atoms with Crippen molar-refractivity contribution in [3.63, 3.8) is 0 Å². The predicted octanol–water partition coefficient (Wildman–Crippen LogP) is 3.61. The molecular formula is C13H15BrN2S. The number of benzene rings is 1. The standard InChI is InChI=1S/C13H15BrN2S/c1-2-15-8-11-9-17-13(16-11)7-10-5-3-4-6-12(10)14/h3-6,9,15H,2,7-8H2,1H3. The van der Waals surface area contributed by atoms with Crippen LogP contribution in [0.15, 0.2) is 34.1 Å². The van der Waals surface area contributed by atoms with E-state index in [-0.39, 0.29) is 0 Å². The number of hydrogen-bond donors (Lipinski definition) is 1. The number of nitrogens with one attached hydrogen (secondary N) is 1. The van der Waals surface area contributed by atoms with Crippen LogP contribution >= 0.6 is 27.3 Å². The summed E-state index contributed by atoms with van der Waals surface area (Å²) in [5.74, 6) is 0. The first-order valence-electron chi connectivity index (χ1n) is 5.67. The number of halogens is 1. The fourth-order valence-electron chi connectivity index (χ4n) is 1.57. The highest BCUT2D eigenvalue weighted by Gasteiger charge is 2.05. The highest BCUT2D eigenvalue weighted by atomic mass is 79.9. The van der Waals surface area contributed by atoms with E-state index >= 15 is 0 Å². The lowest BCUT2D eigenvalue weighted by Gasteiger charge is -2.01. The fraction of sp³-hybridized carbons (Fsp3) is 0.308. The van der Waals surface area contributed by atoms with Crippen LogP contribution < -0.4 is 5.32 Å². The number of aromatic nitrogens is 1. The van der Waals surface area contributed by atoms with Crippen molar-refractivity contribution in [2.24, 2.45) is 0 Å². The summed E-state index contributed by atoms with van der Waals surface area (Å²) < 4.78 is 1.16. The normalized spacial score (nSPS) is 10.7. The van der Waals surface area contributed by atoms with E-state index in [0.717, 1.165) is 29.7 Å². The van der Waals surface area contributed by atoms with Gasteiger partial charge in [-0.2, -0.15) is 0 Å². The summed E-state index contributed by atoms with van der Waals surface area (Å²) in [6.45, 7) is 3.95. The summed E-state index contributed by atoms with van der Waals surface area (Å²) >= 11 is 5.30. The quantitative estimate of drug-likeness (QED) is 0.912. The molecular weight excluding hydrogens is 296 g/mol. The summed E-state index contributed by atoms with van der Waals surface area (Å²) in [6.07, 6.45) is 0.901. The van der Waals surface area contributed by atoms with Crippen LogP contribution in [-0.2, 0) is 13.0 Å². The fourth-order valence-corrected chi connectivity index (χ4v) is 2.81. The van der Waals surface area contributed by atoms with Gasteiger partial charge in [-0.25, -0.2) is 4.98 Å². The van der Waals surface area contributed by atoms with Gasteiger partial charge in [-0.05, 0) is 18.2 Å². The summed E-state index contributed by atoms with van der Waals surface area (Å²) in [6, 6.07) is 8.30. The predicted molar refractivity (Wildman–Crippen MR) is 76.4 cm³/mol. The lowest BCUT2D eigenvalue weighted by molar-refractivity contribution is 0.712. The molecule has 4 heteroatoms. The summed E-state index contributed by atoms with van der Waals surface area (Å²) in [4.78, 5) is 4.62. The van der Waals surface area contributed by atoms with Gasteiger partial charge in [-0.15, -0.1) is 11.3 Å². The van der Waals surface area contributed by atoms with Crippen molar-refractivity contribution in [2.75, 3.05) is 6.54 Å². The van der Waals surface area contributed by atoms with Gasteiger partial charge in [0.15, 0.2) is 0 Å². The molecule has 1 aromatic carbocycles. The molecule has 2 nitrogen and oxygen atoms in total. The third kappa shape index (κ3) is 3.63. The van der Waals surface area contributed by atoms with Crippen molar-refractivity contribution in [3.8, 4) is 0 Å². The monoisotopic (exact) mass is 310 g/mol.